The molecule has 0 aliphatic carbocycles. The molecule has 2 fully saturated rings. The molecule has 0 unspecified atom stereocenters. The van der Waals surface area contributed by atoms with Crippen molar-refractivity contribution in [2.24, 2.45) is 0 Å². The Bertz CT molecular complexity index is 1170. The lowest BCUT2D eigenvalue weighted by Crippen LogP contribution is -2.36. The number of hydrogen-bond acceptors (Lipinski definition) is 8. The van der Waals surface area contributed by atoms with Crippen molar-refractivity contribution in [2.75, 3.05) is 57.5 Å². The molecule has 2 aliphatic rings. The van der Waals surface area contributed by atoms with Crippen LogP contribution in [-0.4, -0.2) is 82.5 Å². The summed E-state index contributed by atoms with van der Waals surface area (Å²) in [5.41, 5.74) is 1.69. The van der Waals surface area contributed by atoms with Crippen LogP contribution in [-0.2, 0) is 9.47 Å². The summed E-state index contributed by atoms with van der Waals surface area (Å²) in [4.78, 5) is 25.0. The van der Waals surface area contributed by atoms with Crippen LogP contribution in [0.25, 0.3) is 22.1 Å². The van der Waals surface area contributed by atoms with Crippen LogP contribution in [0.3, 0.4) is 0 Å². The molecule has 13 heteroatoms. The zero-order valence-electron chi connectivity index (χ0n) is 17.7. The maximum absolute atomic E-state index is 5.80. The Morgan fingerprint density at radius 1 is 0.794 bits per heavy atom. The monoisotopic (exact) mass is 712 g/mol. The number of rotatable bonds is 1. The van der Waals surface area contributed by atoms with E-state index in [1.165, 1.54) is 6.33 Å². The molecular weight excluding hydrogens is 686 g/mol. The molecule has 10 nitrogen and oxygen atoms in total. The molecule has 4 aromatic heterocycles. The van der Waals surface area contributed by atoms with Crippen molar-refractivity contribution in [3.63, 3.8) is 0 Å². The molecule has 0 spiro atoms. The Morgan fingerprint density at radius 2 is 1.35 bits per heavy atom. The zero-order chi connectivity index (χ0) is 23.0. The molecular formula is C21H27ClI2N8O2. The first-order chi connectivity index (χ1) is 16.1. The van der Waals surface area contributed by atoms with Crippen LogP contribution in [0.4, 0.5) is 5.82 Å². The normalized spacial score (nSPS) is 15.7. The lowest BCUT2D eigenvalue weighted by atomic mass is 10.3. The number of morpholine rings is 2. The van der Waals surface area contributed by atoms with Crippen molar-refractivity contribution < 1.29 is 9.47 Å². The van der Waals surface area contributed by atoms with Gasteiger partial charge in [-0.2, -0.15) is 0 Å². The highest BCUT2D eigenvalue weighted by atomic mass is 127. The first kappa shape index (κ1) is 27.3. The van der Waals surface area contributed by atoms with Crippen molar-refractivity contribution in [2.45, 2.75) is 7.43 Å². The Kier molecular flexibility index (Phi) is 11.0. The number of anilines is 1. The van der Waals surface area contributed by atoms with Gasteiger partial charge in [0, 0.05) is 26.2 Å². The van der Waals surface area contributed by atoms with Crippen LogP contribution in [0.1, 0.15) is 7.43 Å². The van der Waals surface area contributed by atoms with Gasteiger partial charge in [0.1, 0.15) is 34.9 Å². The Morgan fingerprint density at radius 3 is 1.91 bits per heavy atom. The second kappa shape index (κ2) is 13.7. The molecule has 0 amide bonds. The van der Waals surface area contributed by atoms with Gasteiger partial charge in [-0.25, -0.2) is 19.9 Å². The van der Waals surface area contributed by atoms with Gasteiger partial charge in [0.2, 0.25) is 0 Å². The largest absolute Gasteiger partial charge is 0.379 e. The second-order valence-electron chi connectivity index (χ2n) is 7.08. The third-order valence-electron chi connectivity index (χ3n) is 4.87. The molecule has 184 valence electrons. The average molecular weight is 713 g/mol. The molecule has 0 radical (unpaired) electrons. The van der Waals surface area contributed by atoms with Gasteiger partial charge in [-0.3, -0.25) is 0 Å². The first-order valence-corrected chi connectivity index (χ1v) is 12.9. The number of hydrogen-bond donors (Lipinski definition) is 3. The molecule has 2 saturated heterocycles. The van der Waals surface area contributed by atoms with E-state index in [1.54, 1.807) is 6.33 Å². The topological polar surface area (TPSA) is 117 Å². The summed E-state index contributed by atoms with van der Waals surface area (Å²) in [6.07, 6.45) is 3.05. The molecule has 34 heavy (non-hydrogen) atoms. The predicted octanol–water partition coefficient (Wildman–Crippen LogP) is 3.86. The summed E-state index contributed by atoms with van der Waals surface area (Å²) in [7, 11) is 0. The minimum absolute atomic E-state index is 0. The fourth-order valence-corrected chi connectivity index (χ4v) is 4.64. The molecule has 6 heterocycles. The minimum Gasteiger partial charge on any atom is -0.379 e. The van der Waals surface area contributed by atoms with Gasteiger partial charge in [-0.15, -0.1) is 0 Å². The van der Waals surface area contributed by atoms with Gasteiger partial charge in [0.05, 0.1) is 44.6 Å². The number of H-pyrrole nitrogens is 2. The van der Waals surface area contributed by atoms with Gasteiger partial charge in [-0.05, 0) is 57.3 Å². The van der Waals surface area contributed by atoms with Crippen molar-refractivity contribution >= 4 is 84.7 Å². The molecule has 3 N–H and O–H groups in total. The smallest absolute Gasteiger partial charge is 0.143 e. The third-order valence-corrected chi connectivity index (χ3v) is 6.34. The van der Waals surface area contributed by atoms with Crippen molar-refractivity contribution in [1.82, 2.24) is 35.2 Å². The van der Waals surface area contributed by atoms with E-state index < -0.39 is 0 Å². The van der Waals surface area contributed by atoms with Gasteiger partial charge in [0.25, 0.3) is 0 Å². The van der Waals surface area contributed by atoms with Crippen LogP contribution in [0, 0.1) is 7.40 Å². The number of nitrogens with zero attached hydrogens (tertiary/aromatic N) is 5. The van der Waals surface area contributed by atoms with E-state index >= 15 is 0 Å². The second-order valence-corrected chi connectivity index (χ2v) is 9.77. The number of aromatic amines is 2. The average Bonchev–Trinajstić information content (AvgIpc) is 3.43. The minimum atomic E-state index is 0. The summed E-state index contributed by atoms with van der Waals surface area (Å²) in [5, 5.41) is 5.62. The zero-order valence-corrected chi connectivity index (χ0v) is 22.7. The van der Waals surface area contributed by atoms with Gasteiger partial charge in [-0.1, -0.05) is 19.0 Å². The molecule has 0 aromatic carbocycles. The number of halogens is 3. The van der Waals surface area contributed by atoms with E-state index in [2.05, 4.69) is 91.4 Å². The highest BCUT2D eigenvalue weighted by Gasteiger charge is 2.16. The standard InChI is InChI=1S/C10H11IN4O.C6H3ClIN3.C4H9NO.CH4/c11-8-5-7-9(14-8)12-6-13-10(7)15-1-3-16-4-2-15;7-5-3-1-4(8)11-6(3)10-2-9-5;1-3-6-4-2-5-1;/h5-6H,1-4H2,(H,12,13,14);1-2H,(H,9,10,11);5H,1-4H2;1H4. The molecule has 6 rings (SSSR count). The van der Waals surface area contributed by atoms with Gasteiger partial charge in [0.15, 0.2) is 0 Å². The highest BCUT2D eigenvalue weighted by molar-refractivity contribution is 14.1. The summed E-state index contributed by atoms with van der Waals surface area (Å²) < 4.78 is 12.5. The summed E-state index contributed by atoms with van der Waals surface area (Å²) >= 11 is 10.2. The molecule has 4 aromatic rings. The third kappa shape index (κ3) is 7.34. The highest BCUT2D eigenvalue weighted by Crippen LogP contribution is 2.25. The molecule has 0 atom stereocenters. The van der Waals surface area contributed by atoms with Crippen LogP contribution in [0.15, 0.2) is 24.8 Å². The Hall–Kier alpha value is -1.33. The SMILES string of the molecule is C.C1COCCN1.Clc1ncnc2[nH]c(I)cc12.Ic1cc2c(N3CCOCC3)ncnc2[nH]1. The maximum Gasteiger partial charge on any atom is 0.143 e. The Labute approximate surface area is 230 Å². The van der Waals surface area contributed by atoms with Crippen LogP contribution < -0.4 is 10.2 Å². The lowest BCUT2D eigenvalue weighted by Gasteiger charge is -2.27. The number of fused-ring (bicyclic) bond motifs is 2. The summed E-state index contributed by atoms with van der Waals surface area (Å²) in [5.74, 6) is 1.01. The van der Waals surface area contributed by atoms with E-state index in [1.807, 2.05) is 6.07 Å². The van der Waals surface area contributed by atoms with E-state index in [9.17, 15) is 0 Å². The number of nitrogens with one attached hydrogen (secondary N) is 3. The number of aromatic nitrogens is 6. The fraction of sp³-hybridized carbons (Fsp3) is 0.429. The van der Waals surface area contributed by atoms with E-state index in [4.69, 9.17) is 21.1 Å². The van der Waals surface area contributed by atoms with Crippen molar-refractivity contribution in [1.29, 1.82) is 0 Å². The van der Waals surface area contributed by atoms with Crippen LogP contribution >= 0.6 is 56.8 Å². The Balaban J connectivity index is 0.000000156. The van der Waals surface area contributed by atoms with E-state index in [-0.39, 0.29) is 7.43 Å². The van der Waals surface area contributed by atoms with Gasteiger partial charge >= 0.3 is 0 Å². The quantitative estimate of drug-likeness (QED) is 0.202. The first-order valence-electron chi connectivity index (χ1n) is 10.4. The lowest BCUT2D eigenvalue weighted by molar-refractivity contribution is 0.109. The maximum atomic E-state index is 5.80. The fourth-order valence-electron chi connectivity index (χ4n) is 3.32. The van der Waals surface area contributed by atoms with Crippen molar-refractivity contribution in [3.8, 4) is 0 Å². The molecule has 0 saturated carbocycles. The van der Waals surface area contributed by atoms with Crippen LogP contribution in [0.2, 0.25) is 5.15 Å². The van der Waals surface area contributed by atoms with Crippen molar-refractivity contribution in [3.05, 3.63) is 37.3 Å². The predicted molar refractivity (Wildman–Crippen MR) is 152 cm³/mol. The molecule has 2 aliphatic heterocycles. The van der Waals surface area contributed by atoms with E-state index in [0.29, 0.717) is 5.15 Å². The van der Waals surface area contributed by atoms with E-state index in [0.717, 1.165) is 87.9 Å². The summed E-state index contributed by atoms with van der Waals surface area (Å²) in [6, 6.07) is 4.00. The summed E-state index contributed by atoms with van der Waals surface area (Å²) in [6.45, 7) is 7.17. The van der Waals surface area contributed by atoms with Crippen LogP contribution in [0.5, 0.6) is 0 Å². The number of ether oxygens (including phenoxy) is 2. The molecule has 0 bridgehead atoms. The van der Waals surface area contributed by atoms with Gasteiger partial charge < -0.3 is 29.7 Å².